The SMILES string of the molecule is O=C(N[C@H](CO)C(=O)O)c1ccccc1[N+](=O)[O-]. The standard InChI is InChI=1S/C10H10N2O6/c13-5-7(10(15)16)11-9(14)6-3-1-2-4-8(6)12(17)18/h1-4,7,13H,5H2,(H,11,14)(H,15,16)/t7-/m1/s1. The van der Waals surface area contributed by atoms with E-state index in [-0.39, 0.29) is 5.56 Å². The summed E-state index contributed by atoms with van der Waals surface area (Å²) in [6, 6.07) is 3.62. The largest absolute Gasteiger partial charge is 0.480 e. The first-order valence-electron chi connectivity index (χ1n) is 4.85. The summed E-state index contributed by atoms with van der Waals surface area (Å²) in [5, 5.41) is 30.0. The van der Waals surface area contributed by atoms with Gasteiger partial charge in [-0.25, -0.2) is 4.79 Å². The Morgan fingerprint density at radius 3 is 2.50 bits per heavy atom. The maximum absolute atomic E-state index is 11.7. The predicted molar refractivity (Wildman–Crippen MR) is 59.1 cm³/mol. The number of nitrogens with zero attached hydrogens (tertiary/aromatic N) is 1. The Morgan fingerprint density at radius 2 is 2.00 bits per heavy atom. The third kappa shape index (κ3) is 3.01. The van der Waals surface area contributed by atoms with Gasteiger partial charge in [-0.3, -0.25) is 14.9 Å². The lowest BCUT2D eigenvalue weighted by molar-refractivity contribution is -0.385. The minimum absolute atomic E-state index is 0.262. The van der Waals surface area contributed by atoms with Crippen molar-refractivity contribution in [2.45, 2.75) is 6.04 Å². The van der Waals surface area contributed by atoms with Gasteiger partial charge in [0.05, 0.1) is 11.5 Å². The Balaban J connectivity index is 2.97. The molecule has 0 saturated carbocycles. The smallest absolute Gasteiger partial charge is 0.328 e. The van der Waals surface area contributed by atoms with E-state index >= 15 is 0 Å². The third-order valence-corrected chi connectivity index (χ3v) is 2.13. The molecule has 3 N–H and O–H groups in total. The molecule has 1 aromatic rings. The van der Waals surface area contributed by atoms with Gasteiger partial charge in [0.2, 0.25) is 0 Å². The number of nitro benzene ring substituents is 1. The molecule has 8 nitrogen and oxygen atoms in total. The molecule has 1 amide bonds. The minimum Gasteiger partial charge on any atom is -0.480 e. The molecule has 0 unspecified atom stereocenters. The zero-order valence-corrected chi connectivity index (χ0v) is 9.07. The van der Waals surface area contributed by atoms with Crippen molar-refractivity contribution in [1.82, 2.24) is 5.32 Å². The Labute approximate surface area is 101 Å². The number of aliphatic hydroxyl groups is 1. The Morgan fingerprint density at radius 1 is 1.39 bits per heavy atom. The number of nitrogens with one attached hydrogen (secondary N) is 1. The number of carboxylic acid groups (broad SMARTS) is 1. The van der Waals surface area contributed by atoms with Crippen molar-refractivity contribution < 1.29 is 24.7 Å². The van der Waals surface area contributed by atoms with Gasteiger partial charge in [0.1, 0.15) is 5.56 Å². The van der Waals surface area contributed by atoms with Crippen LogP contribution in [-0.2, 0) is 4.79 Å². The van der Waals surface area contributed by atoms with Crippen LogP contribution in [0.4, 0.5) is 5.69 Å². The summed E-state index contributed by atoms with van der Waals surface area (Å²) in [7, 11) is 0. The first-order chi connectivity index (χ1) is 8.47. The van der Waals surface area contributed by atoms with Crippen molar-refractivity contribution in [1.29, 1.82) is 0 Å². The topological polar surface area (TPSA) is 130 Å². The van der Waals surface area contributed by atoms with Gasteiger partial charge in [-0.15, -0.1) is 0 Å². The van der Waals surface area contributed by atoms with Crippen LogP contribution in [0.15, 0.2) is 24.3 Å². The number of rotatable bonds is 5. The van der Waals surface area contributed by atoms with Crippen molar-refractivity contribution in [2.75, 3.05) is 6.61 Å². The van der Waals surface area contributed by atoms with Gasteiger partial charge >= 0.3 is 5.97 Å². The van der Waals surface area contributed by atoms with Gasteiger partial charge in [-0.1, -0.05) is 12.1 Å². The van der Waals surface area contributed by atoms with E-state index in [1.54, 1.807) is 0 Å². The molecule has 0 saturated heterocycles. The zero-order valence-electron chi connectivity index (χ0n) is 9.07. The van der Waals surface area contributed by atoms with Crippen molar-refractivity contribution in [3.8, 4) is 0 Å². The molecule has 0 aliphatic heterocycles. The maximum atomic E-state index is 11.7. The van der Waals surface area contributed by atoms with Gasteiger partial charge in [0.25, 0.3) is 11.6 Å². The van der Waals surface area contributed by atoms with Crippen LogP contribution < -0.4 is 5.32 Å². The summed E-state index contributed by atoms with van der Waals surface area (Å²) in [4.78, 5) is 32.2. The lowest BCUT2D eigenvalue weighted by Gasteiger charge is -2.11. The van der Waals surface area contributed by atoms with Crippen LogP contribution in [0.3, 0.4) is 0 Å². The second-order valence-electron chi connectivity index (χ2n) is 3.32. The lowest BCUT2D eigenvalue weighted by atomic mass is 10.1. The fourth-order valence-corrected chi connectivity index (χ4v) is 1.25. The highest BCUT2D eigenvalue weighted by Crippen LogP contribution is 2.17. The summed E-state index contributed by atoms with van der Waals surface area (Å²) in [5.41, 5.74) is -0.695. The molecule has 0 heterocycles. The molecule has 1 rings (SSSR count). The monoisotopic (exact) mass is 254 g/mol. The van der Waals surface area contributed by atoms with Crippen molar-refractivity contribution in [3.05, 3.63) is 39.9 Å². The number of amides is 1. The normalized spacial score (nSPS) is 11.6. The number of carbonyl (C=O) groups excluding carboxylic acids is 1. The molecule has 0 radical (unpaired) electrons. The quantitative estimate of drug-likeness (QED) is 0.491. The molecular formula is C10H10N2O6. The highest BCUT2D eigenvalue weighted by Gasteiger charge is 2.24. The number of hydrogen-bond acceptors (Lipinski definition) is 5. The molecule has 0 fully saturated rings. The molecule has 0 aliphatic rings. The molecule has 18 heavy (non-hydrogen) atoms. The second kappa shape index (κ2) is 5.73. The van der Waals surface area contributed by atoms with Gasteiger partial charge in [0.15, 0.2) is 6.04 Å². The molecule has 1 aromatic carbocycles. The van der Waals surface area contributed by atoms with Crippen molar-refractivity contribution >= 4 is 17.6 Å². The number of benzene rings is 1. The zero-order chi connectivity index (χ0) is 13.7. The summed E-state index contributed by atoms with van der Waals surface area (Å²) in [6.45, 7) is -0.804. The molecule has 0 bridgehead atoms. The molecule has 0 aliphatic carbocycles. The van der Waals surface area contributed by atoms with E-state index in [4.69, 9.17) is 10.2 Å². The first kappa shape index (κ1) is 13.6. The minimum atomic E-state index is -1.50. The van der Waals surface area contributed by atoms with Gasteiger partial charge in [-0.2, -0.15) is 0 Å². The number of hydrogen-bond donors (Lipinski definition) is 3. The van der Waals surface area contributed by atoms with E-state index in [0.29, 0.717) is 0 Å². The molecule has 0 spiro atoms. The molecular weight excluding hydrogens is 244 g/mol. The summed E-state index contributed by atoms with van der Waals surface area (Å²) < 4.78 is 0. The Kier molecular flexibility index (Phi) is 4.33. The van der Waals surface area contributed by atoms with Gasteiger partial charge < -0.3 is 15.5 Å². The summed E-state index contributed by atoms with van der Waals surface area (Å²) in [5.74, 6) is -2.35. The van der Waals surface area contributed by atoms with Crippen LogP contribution in [0.2, 0.25) is 0 Å². The van der Waals surface area contributed by atoms with Crippen molar-refractivity contribution in [2.24, 2.45) is 0 Å². The average Bonchev–Trinajstić information content (AvgIpc) is 2.35. The number of carboxylic acids is 1. The van der Waals surface area contributed by atoms with Crippen LogP contribution in [0.25, 0.3) is 0 Å². The van der Waals surface area contributed by atoms with E-state index in [0.717, 1.165) is 6.07 Å². The predicted octanol–water partition coefficient (Wildman–Crippen LogP) is -0.230. The fourth-order valence-electron chi connectivity index (χ4n) is 1.25. The van der Waals surface area contributed by atoms with E-state index in [9.17, 15) is 19.7 Å². The van der Waals surface area contributed by atoms with E-state index in [1.807, 2.05) is 5.32 Å². The maximum Gasteiger partial charge on any atom is 0.328 e. The van der Waals surface area contributed by atoms with Gasteiger partial charge in [0, 0.05) is 6.07 Å². The summed E-state index contributed by atoms with van der Waals surface area (Å²) >= 11 is 0. The highest BCUT2D eigenvalue weighted by atomic mass is 16.6. The number of nitro groups is 1. The Bertz CT molecular complexity index is 487. The van der Waals surface area contributed by atoms with Crippen LogP contribution >= 0.6 is 0 Å². The molecule has 0 aromatic heterocycles. The van der Waals surface area contributed by atoms with Gasteiger partial charge in [-0.05, 0) is 6.07 Å². The number of para-hydroxylation sites is 1. The number of carbonyl (C=O) groups is 2. The fraction of sp³-hybridized carbons (Fsp3) is 0.200. The van der Waals surface area contributed by atoms with E-state index in [1.165, 1.54) is 18.2 Å². The molecule has 1 atom stereocenters. The van der Waals surface area contributed by atoms with Crippen LogP contribution in [0.5, 0.6) is 0 Å². The summed E-state index contributed by atoms with van der Waals surface area (Å²) in [6.07, 6.45) is 0. The first-order valence-corrected chi connectivity index (χ1v) is 4.85. The van der Waals surface area contributed by atoms with Crippen LogP contribution in [-0.4, -0.2) is 39.7 Å². The van der Waals surface area contributed by atoms with Crippen LogP contribution in [0, 0.1) is 10.1 Å². The third-order valence-electron chi connectivity index (χ3n) is 2.13. The van der Waals surface area contributed by atoms with Crippen molar-refractivity contribution in [3.63, 3.8) is 0 Å². The van der Waals surface area contributed by atoms with Crippen LogP contribution in [0.1, 0.15) is 10.4 Å². The second-order valence-corrected chi connectivity index (χ2v) is 3.32. The van der Waals surface area contributed by atoms with E-state index < -0.39 is 35.1 Å². The lowest BCUT2D eigenvalue weighted by Crippen LogP contribution is -2.43. The highest BCUT2D eigenvalue weighted by molar-refractivity contribution is 5.99. The average molecular weight is 254 g/mol. The molecule has 96 valence electrons. The Hall–Kier alpha value is -2.48. The van der Waals surface area contributed by atoms with E-state index in [2.05, 4.69) is 0 Å². The molecule has 8 heteroatoms. The number of aliphatic carboxylic acids is 1. The number of aliphatic hydroxyl groups excluding tert-OH is 1.